The second-order valence-corrected chi connectivity index (χ2v) is 4.27. The molecule has 1 aliphatic heterocycles. The third kappa shape index (κ3) is 2.23. The lowest BCUT2D eigenvalue weighted by molar-refractivity contribution is -0.0941. The van der Waals surface area contributed by atoms with E-state index < -0.39 is 0 Å². The molecule has 90 valence electrons. The van der Waals surface area contributed by atoms with Gasteiger partial charge in [-0.3, -0.25) is 0 Å². The minimum atomic E-state index is -0.333. The van der Waals surface area contributed by atoms with Gasteiger partial charge in [0.25, 0.3) is 0 Å². The van der Waals surface area contributed by atoms with Crippen LogP contribution in [0.2, 0.25) is 0 Å². The lowest BCUT2D eigenvalue weighted by Gasteiger charge is -2.20. The van der Waals surface area contributed by atoms with Gasteiger partial charge < -0.3 is 19.3 Å². The van der Waals surface area contributed by atoms with Crippen molar-refractivity contribution in [1.82, 2.24) is 15.5 Å². The van der Waals surface area contributed by atoms with E-state index in [0.717, 1.165) is 0 Å². The third-order valence-corrected chi connectivity index (χ3v) is 2.71. The van der Waals surface area contributed by atoms with Crippen molar-refractivity contribution in [3.63, 3.8) is 0 Å². The predicted molar refractivity (Wildman–Crippen MR) is 55.9 cm³/mol. The molecule has 1 fully saturated rings. The van der Waals surface area contributed by atoms with Gasteiger partial charge in [0.15, 0.2) is 0 Å². The summed E-state index contributed by atoms with van der Waals surface area (Å²) in [6.07, 6.45) is -0.209. The molecule has 16 heavy (non-hydrogen) atoms. The van der Waals surface area contributed by atoms with Gasteiger partial charge in [0.05, 0.1) is 25.4 Å². The molecule has 2 heterocycles. The second-order valence-electron chi connectivity index (χ2n) is 4.27. The van der Waals surface area contributed by atoms with Crippen LogP contribution in [0.5, 0.6) is 0 Å². The molecule has 1 N–H and O–H groups in total. The monoisotopic (exact) mass is 227 g/mol. The largest absolute Gasteiger partial charge is 0.376 e. The van der Waals surface area contributed by atoms with Gasteiger partial charge in [0.1, 0.15) is 6.10 Å². The minimum Gasteiger partial charge on any atom is -0.376 e. The number of hydrogen-bond donors (Lipinski definition) is 1. The van der Waals surface area contributed by atoms with Crippen molar-refractivity contribution in [2.75, 3.05) is 26.9 Å². The van der Waals surface area contributed by atoms with E-state index >= 15 is 0 Å². The van der Waals surface area contributed by atoms with E-state index in [4.69, 9.17) is 14.0 Å². The topological polar surface area (TPSA) is 69.4 Å². The molecular formula is C10H17N3O3. The zero-order valence-corrected chi connectivity index (χ0v) is 9.82. The summed E-state index contributed by atoms with van der Waals surface area (Å²) in [6.45, 7) is 5.64. The Hall–Kier alpha value is -0.980. The van der Waals surface area contributed by atoms with E-state index in [-0.39, 0.29) is 11.6 Å². The van der Waals surface area contributed by atoms with Gasteiger partial charge in [-0.05, 0) is 20.9 Å². The molecule has 2 rings (SSSR count). The Bertz CT molecular complexity index is 345. The molecule has 1 saturated heterocycles. The number of nitrogens with one attached hydrogen (secondary N) is 1. The fourth-order valence-electron chi connectivity index (χ4n) is 1.36. The minimum absolute atomic E-state index is 0.209. The molecule has 6 nitrogen and oxygen atoms in total. The molecule has 0 spiro atoms. The van der Waals surface area contributed by atoms with Crippen LogP contribution < -0.4 is 5.32 Å². The second kappa shape index (κ2) is 4.48. The molecule has 1 aromatic heterocycles. The average Bonchev–Trinajstić information content (AvgIpc) is 2.80. The summed E-state index contributed by atoms with van der Waals surface area (Å²) in [5, 5.41) is 7.03. The van der Waals surface area contributed by atoms with E-state index in [1.165, 1.54) is 0 Å². The summed E-state index contributed by atoms with van der Waals surface area (Å²) in [5.41, 5.74) is -0.333. The molecule has 1 unspecified atom stereocenters. The Morgan fingerprint density at radius 1 is 1.38 bits per heavy atom. The zero-order chi connectivity index (χ0) is 11.6. The average molecular weight is 227 g/mol. The quantitative estimate of drug-likeness (QED) is 0.816. The number of rotatable bonds is 3. The summed E-state index contributed by atoms with van der Waals surface area (Å²) >= 11 is 0. The summed E-state index contributed by atoms with van der Waals surface area (Å²) in [7, 11) is 1.85. The van der Waals surface area contributed by atoms with E-state index in [1.54, 1.807) is 0 Å². The van der Waals surface area contributed by atoms with Gasteiger partial charge in [-0.2, -0.15) is 4.98 Å². The Morgan fingerprint density at radius 2 is 2.19 bits per heavy atom. The number of ether oxygens (including phenoxy) is 2. The summed E-state index contributed by atoms with van der Waals surface area (Å²) in [4.78, 5) is 4.33. The molecule has 0 bridgehead atoms. The number of nitrogens with zero attached hydrogens (tertiary/aromatic N) is 2. The number of hydrogen-bond acceptors (Lipinski definition) is 6. The summed E-state index contributed by atoms with van der Waals surface area (Å²) < 4.78 is 16.0. The summed E-state index contributed by atoms with van der Waals surface area (Å²) in [5.74, 6) is 1.11. The molecule has 0 amide bonds. The van der Waals surface area contributed by atoms with Crippen LogP contribution in [0, 0.1) is 0 Å². The maximum atomic E-state index is 5.49. The molecule has 0 radical (unpaired) electrons. The van der Waals surface area contributed by atoms with Crippen molar-refractivity contribution in [2.24, 2.45) is 0 Å². The van der Waals surface area contributed by atoms with Crippen LogP contribution in [0.25, 0.3) is 0 Å². The van der Waals surface area contributed by atoms with Crippen molar-refractivity contribution in [3.05, 3.63) is 11.7 Å². The fraction of sp³-hybridized carbons (Fsp3) is 0.800. The van der Waals surface area contributed by atoms with Crippen molar-refractivity contribution >= 4 is 0 Å². The predicted octanol–water partition coefficient (Wildman–Crippen LogP) is 0.612. The third-order valence-electron chi connectivity index (χ3n) is 2.71. The van der Waals surface area contributed by atoms with Crippen LogP contribution >= 0.6 is 0 Å². The van der Waals surface area contributed by atoms with Crippen molar-refractivity contribution < 1.29 is 14.0 Å². The first-order valence-electron chi connectivity index (χ1n) is 5.36. The van der Waals surface area contributed by atoms with Crippen molar-refractivity contribution in [2.45, 2.75) is 25.5 Å². The van der Waals surface area contributed by atoms with E-state index in [9.17, 15) is 0 Å². The molecule has 6 heteroatoms. The van der Waals surface area contributed by atoms with Gasteiger partial charge in [0.2, 0.25) is 11.7 Å². The highest BCUT2D eigenvalue weighted by molar-refractivity contribution is 5.00. The molecule has 0 saturated carbocycles. The molecule has 0 aliphatic carbocycles. The highest BCUT2D eigenvalue weighted by Crippen LogP contribution is 2.22. The first kappa shape index (κ1) is 11.5. The smallest absolute Gasteiger partial charge is 0.246 e. The van der Waals surface area contributed by atoms with Gasteiger partial charge in [-0.1, -0.05) is 5.16 Å². The lowest BCUT2D eigenvalue weighted by atomic mass is 10.1. The van der Waals surface area contributed by atoms with Crippen molar-refractivity contribution in [3.8, 4) is 0 Å². The van der Waals surface area contributed by atoms with Crippen LogP contribution in [-0.4, -0.2) is 37.0 Å². The molecule has 1 aliphatic rings. The first-order valence-corrected chi connectivity index (χ1v) is 5.36. The van der Waals surface area contributed by atoms with Gasteiger partial charge in [-0.25, -0.2) is 0 Å². The van der Waals surface area contributed by atoms with Crippen LogP contribution in [0.4, 0.5) is 0 Å². The standard InChI is InChI=1S/C10H17N3O3/c1-10(2,11-3)9-12-8(13-16-9)7-6-14-4-5-15-7/h7,11H,4-6H2,1-3H3. The maximum absolute atomic E-state index is 5.49. The Kier molecular flexibility index (Phi) is 3.22. The summed E-state index contributed by atoms with van der Waals surface area (Å²) in [6, 6.07) is 0. The van der Waals surface area contributed by atoms with Crippen molar-refractivity contribution in [1.29, 1.82) is 0 Å². The van der Waals surface area contributed by atoms with Gasteiger partial charge in [-0.15, -0.1) is 0 Å². The SMILES string of the molecule is CNC(C)(C)c1nc(C2COCCO2)no1. The lowest BCUT2D eigenvalue weighted by Crippen LogP contribution is -2.33. The van der Waals surface area contributed by atoms with Crippen LogP contribution in [-0.2, 0) is 15.0 Å². The first-order chi connectivity index (χ1) is 7.63. The molecule has 1 aromatic rings. The molecular weight excluding hydrogens is 210 g/mol. The molecule has 1 atom stereocenters. The van der Waals surface area contributed by atoms with E-state index in [0.29, 0.717) is 31.5 Å². The maximum Gasteiger partial charge on any atom is 0.246 e. The normalized spacial score (nSPS) is 22.3. The number of aromatic nitrogens is 2. The Balaban J connectivity index is 2.12. The van der Waals surface area contributed by atoms with Crippen LogP contribution in [0.15, 0.2) is 4.52 Å². The fourth-order valence-corrected chi connectivity index (χ4v) is 1.36. The van der Waals surface area contributed by atoms with Gasteiger partial charge >= 0.3 is 0 Å². The van der Waals surface area contributed by atoms with Gasteiger partial charge in [0, 0.05) is 0 Å². The zero-order valence-electron chi connectivity index (χ0n) is 9.82. The van der Waals surface area contributed by atoms with E-state index in [1.807, 2.05) is 20.9 Å². The van der Waals surface area contributed by atoms with Crippen LogP contribution in [0.3, 0.4) is 0 Å². The van der Waals surface area contributed by atoms with E-state index in [2.05, 4.69) is 15.5 Å². The van der Waals surface area contributed by atoms with Crippen LogP contribution in [0.1, 0.15) is 31.7 Å². The highest BCUT2D eigenvalue weighted by Gasteiger charge is 2.28. The molecule has 0 aromatic carbocycles. The Labute approximate surface area is 94.3 Å². The highest BCUT2D eigenvalue weighted by atomic mass is 16.6. The Morgan fingerprint density at radius 3 is 2.81 bits per heavy atom.